The largest absolute Gasteiger partial charge is 0.354 e. The van der Waals surface area contributed by atoms with Crippen LogP contribution < -0.4 is 5.32 Å². The number of anilines is 2. The Morgan fingerprint density at radius 1 is 1.06 bits per heavy atom. The topological polar surface area (TPSA) is 48.7 Å². The highest BCUT2D eigenvalue weighted by molar-refractivity contribution is 6.30. The predicted octanol–water partition coefficient (Wildman–Crippen LogP) is 3.35. The van der Waals surface area contributed by atoms with Crippen LogP contribution >= 0.6 is 11.6 Å². The monoisotopic (exact) mass is 229 g/mol. The highest BCUT2D eigenvalue weighted by Crippen LogP contribution is 2.18. The van der Waals surface area contributed by atoms with Gasteiger partial charge in [0.25, 0.3) is 0 Å². The maximum absolute atomic E-state index is 8.60. The Balaban J connectivity index is 2.15. The van der Waals surface area contributed by atoms with Crippen LogP contribution in [0.1, 0.15) is 5.69 Å². The first-order chi connectivity index (χ1) is 7.78. The fourth-order valence-electron chi connectivity index (χ4n) is 1.23. The number of nitrogens with one attached hydrogen (secondary N) is 1. The van der Waals surface area contributed by atoms with Crippen LogP contribution in [0.3, 0.4) is 0 Å². The minimum Gasteiger partial charge on any atom is -0.354 e. The number of benzene rings is 1. The van der Waals surface area contributed by atoms with Crippen LogP contribution in [0.5, 0.6) is 0 Å². The third-order valence-electron chi connectivity index (χ3n) is 2.01. The summed E-state index contributed by atoms with van der Waals surface area (Å²) in [5.74, 6) is 0. The Labute approximate surface area is 98.3 Å². The van der Waals surface area contributed by atoms with Gasteiger partial charge in [0.2, 0.25) is 0 Å². The number of aromatic nitrogens is 1. The second-order valence-corrected chi connectivity index (χ2v) is 3.61. The normalized spacial score (nSPS) is 9.50. The van der Waals surface area contributed by atoms with E-state index < -0.39 is 0 Å². The summed E-state index contributed by atoms with van der Waals surface area (Å²) in [6.07, 6.45) is 1.62. The van der Waals surface area contributed by atoms with Gasteiger partial charge < -0.3 is 5.32 Å². The lowest BCUT2D eigenvalue weighted by atomic mass is 10.3. The first-order valence-electron chi connectivity index (χ1n) is 4.67. The van der Waals surface area contributed by atoms with Crippen molar-refractivity contribution in [2.24, 2.45) is 0 Å². The van der Waals surface area contributed by atoms with Crippen molar-refractivity contribution in [2.45, 2.75) is 0 Å². The number of halogens is 1. The van der Waals surface area contributed by atoms with Crippen LogP contribution in [-0.2, 0) is 0 Å². The van der Waals surface area contributed by atoms with E-state index in [1.54, 1.807) is 30.5 Å². The van der Waals surface area contributed by atoms with E-state index in [4.69, 9.17) is 16.9 Å². The molecule has 3 nitrogen and oxygen atoms in total. The second kappa shape index (κ2) is 4.65. The Morgan fingerprint density at radius 3 is 2.31 bits per heavy atom. The van der Waals surface area contributed by atoms with Crippen molar-refractivity contribution in [1.82, 2.24) is 4.98 Å². The van der Waals surface area contributed by atoms with E-state index in [9.17, 15) is 0 Å². The van der Waals surface area contributed by atoms with E-state index in [0.717, 1.165) is 11.4 Å². The molecule has 0 fully saturated rings. The maximum Gasteiger partial charge on any atom is 0.140 e. The third-order valence-corrected chi connectivity index (χ3v) is 2.26. The van der Waals surface area contributed by atoms with Crippen molar-refractivity contribution >= 4 is 23.0 Å². The molecule has 4 heteroatoms. The Hall–Kier alpha value is -2.05. The molecule has 0 aliphatic carbocycles. The molecule has 1 heterocycles. The number of nitriles is 1. The molecule has 0 bridgehead atoms. The molecule has 0 saturated carbocycles. The molecule has 0 spiro atoms. The summed E-state index contributed by atoms with van der Waals surface area (Å²) in [6.45, 7) is 0. The van der Waals surface area contributed by atoms with Crippen molar-refractivity contribution in [1.29, 1.82) is 5.26 Å². The number of rotatable bonds is 2. The molecule has 1 aromatic carbocycles. The van der Waals surface area contributed by atoms with Gasteiger partial charge in [-0.25, -0.2) is 4.98 Å². The lowest BCUT2D eigenvalue weighted by Crippen LogP contribution is -1.91. The van der Waals surface area contributed by atoms with Crippen molar-refractivity contribution < 1.29 is 0 Å². The van der Waals surface area contributed by atoms with Gasteiger partial charge in [-0.05, 0) is 36.4 Å². The van der Waals surface area contributed by atoms with E-state index >= 15 is 0 Å². The number of nitrogens with zero attached hydrogens (tertiary/aromatic N) is 2. The SMILES string of the molecule is N#Cc1ccc(Nc2ccc(Cl)cc2)cn1. The molecule has 0 atom stereocenters. The van der Waals surface area contributed by atoms with E-state index in [1.165, 1.54) is 0 Å². The summed E-state index contributed by atoms with van der Waals surface area (Å²) in [5, 5.41) is 12.5. The molecule has 16 heavy (non-hydrogen) atoms. The van der Waals surface area contributed by atoms with Gasteiger partial charge in [0, 0.05) is 10.7 Å². The molecule has 0 amide bonds. The van der Waals surface area contributed by atoms with Gasteiger partial charge in [0.05, 0.1) is 11.9 Å². The zero-order chi connectivity index (χ0) is 11.4. The standard InChI is InChI=1S/C12H8ClN3/c13-9-1-3-10(4-2-9)16-12-6-5-11(7-14)15-8-12/h1-6,8,16H. The molecule has 0 radical (unpaired) electrons. The fourth-order valence-corrected chi connectivity index (χ4v) is 1.36. The zero-order valence-electron chi connectivity index (χ0n) is 8.31. The van der Waals surface area contributed by atoms with Crippen LogP contribution in [0.2, 0.25) is 5.02 Å². The van der Waals surface area contributed by atoms with Crippen molar-refractivity contribution in [3.8, 4) is 6.07 Å². The summed E-state index contributed by atoms with van der Waals surface area (Å²) in [5.41, 5.74) is 2.17. The number of pyridine rings is 1. The molecular weight excluding hydrogens is 222 g/mol. The lowest BCUT2D eigenvalue weighted by molar-refractivity contribution is 1.26. The van der Waals surface area contributed by atoms with Crippen LogP contribution in [0, 0.1) is 11.3 Å². The van der Waals surface area contributed by atoms with Crippen LogP contribution in [-0.4, -0.2) is 4.98 Å². The van der Waals surface area contributed by atoms with Crippen LogP contribution in [0.4, 0.5) is 11.4 Å². The minimum atomic E-state index is 0.404. The van der Waals surface area contributed by atoms with Gasteiger partial charge in [-0.15, -0.1) is 0 Å². The van der Waals surface area contributed by atoms with Crippen LogP contribution in [0.15, 0.2) is 42.6 Å². The van der Waals surface area contributed by atoms with Crippen molar-refractivity contribution in [3.05, 3.63) is 53.3 Å². The fraction of sp³-hybridized carbons (Fsp3) is 0. The second-order valence-electron chi connectivity index (χ2n) is 3.18. The molecular formula is C12H8ClN3. The number of hydrogen-bond donors (Lipinski definition) is 1. The smallest absolute Gasteiger partial charge is 0.140 e. The molecule has 0 unspecified atom stereocenters. The zero-order valence-corrected chi connectivity index (χ0v) is 9.07. The van der Waals surface area contributed by atoms with Crippen molar-refractivity contribution in [2.75, 3.05) is 5.32 Å². The van der Waals surface area contributed by atoms with E-state index in [-0.39, 0.29) is 0 Å². The predicted molar refractivity (Wildman–Crippen MR) is 63.7 cm³/mol. The van der Waals surface area contributed by atoms with Gasteiger partial charge in [0.1, 0.15) is 11.8 Å². The van der Waals surface area contributed by atoms with Gasteiger partial charge in [-0.2, -0.15) is 5.26 Å². The summed E-state index contributed by atoms with van der Waals surface area (Å²) in [4.78, 5) is 3.96. The summed E-state index contributed by atoms with van der Waals surface area (Å²) < 4.78 is 0. The van der Waals surface area contributed by atoms with Crippen LogP contribution in [0.25, 0.3) is 0 Å². The molecule has 0 aliphatic rings. The molecule has 78 valence electrons. The van der Waals surface area contributed by atoms with E-state index in [2.05, 4.69) is 10.3 Å². The Kier molecular flexibility index (Phi) is 3.04. The highest BCUT2D eigenvalue weighted by Gasteiger charge is 1.96. The highest BCUT2D eigenvalue weighted by atomic mass is 35.5. The first-order valence-corrected chi connectivity index (χ1v) is 5.04. The van der Waals surface area contributed by atoms with Gasteiger partial charge >= 0.3 is 0 Å². The lowest BCUT2D eigenvalue weighted by Gasteiger charge is -2.05. The maximum atomic E-state index is 8.60. The molecule has 0 aliphatic heterocycles. The minimum absolute atomic E-state index is 0.404. The molecule has 2 aromatic rings. The Morgan fingerprint density at radius 2 is 1.75 bits per heavy atom. The summed E-state index contributed by atoms with van der Waals surface area (Å²) in [6, 6.07) is 12.8. The quantitative estimate of drug-likeness (QED) is 0.859. The average Bonchev–Trinajstić information content (AvgIpc) is 2.33. The summed E-state index contributed by atoms with van der Waals surface area (Å²) >= 11 is 5.78. The van der Waals surface area contributed by atoms with Gasteiger partial charge in [0.15, 0.2) is 0 Å². The van der Waals surface area contributed by atoms with Gasteiger partial charge in [-0.1, -0.05) is 11.6 Å². The van der Waals surface area contributed by atoms with Crippen molar-refractivity contribution in [3.63, 3.8) is 0 Å². The number of hydrogen-bond acceptors (Lipinski definition) is 3. The Bertz CT molecular complexity index is 511. The first kappa shape index (κ1) is 10.5. The van der Waals surface area contributed by atoms with E-state index in [1.807, 2.05) is 18.2 Å². The average molecular weight is 230 g/mol. The molecule has 1 aromatic heterocycles. The molecule has 2 rings (SSSR count). The third kappa shape index (κ3) is 2.50. The summed E-state index contributed by atoms with van der Waals surface area (Å²) in [7, 11) is 0. The van der Waals surface area contributed by atoms with Gasteiger partial charge in [-0.3, -0.25) is 0 Å². The molecule has 1 N–H and O–H groups in total. The molecule has 0 saturated heterocycles. The van der Waals surface area contributed by atoms with E-state index in [0.29, 0.717) is 10.7 Å².